The van der Waals surface area contributed by atoms with Crippen molar-refractivity contribution in [3.8, 4) is 0 Å². The van der Waals surface area contributed by atoms with Crippen molar-refractivity contribution in [3.63, 3.8) is 0 Å². The third-order valence-corrected chi connectivity index (χ3v) is 3.68. The third kappa shape index (κ3) is 2.56. The van der Waals surface area contributed by atoms with Crippen LogP contribution in [-0.4, -0.2) is 53.6 Å². The molecule has 0 spiro atoms. The molecule has 2 aliphatic rings. The minimum Gasteiger partial charge on any atom is -0.369 e. The van der Waals surface area contributed by atoms with Crippen molar-refractivity contribution in [1.82, 2.24) is 14.9 Å². The van der Waals surface area contributed by atoms with Crippen LogP contribution in [0.1, 0.15) is 19.8 Å². The second kappa shape index (κ2) is 5.10. The van der Waals surface area contributed by atoms with Crippen molar-refractivity contribution < 1.29 is 0 Å². The summed E-state index contributed by atoms with van der Waals surface area (Å²) in [4.78, 5) is 13.8. The van der Waals surface area contributed by atoms with Crippen LogP contribution >= 0.6 is 0 Å². The van der Waals surface area contributed by atoms with Gasteiger partial charge in [-0.3, -0.25) is 9.88 Å². The summed E-state index contributed by atoms with van der Waals surface area (Å²) in [5.74, 6) is 1.88. The third-order valence-electron chi connectivity index (χ3n) is 3.68. The number of aromatic nitrogens is 2. The van der Waals surface area contributed by atoms with E-state index >= 15 is 0 Å². The fraction of sp³-hybridized carbons (Fsp3) is 0.692. The van der Waals surface area contributed by atoms with Crippen LogP contribution in [0.3, 0.4) is 0 Å². The summed E-state index contributed by atoms with van der Waals surface area (Å²) in [5.41, 5.74) is 0. The second-order valence-corrected chi connectivity index (χ2v) is 5.05. The number of rotatable bonds is 4. The van der Waals surface area contributed by atoms with E-state index in [-0.39, 0.29) is 0 Å². The van der Waals surface area contributed by atoms with Gasteiger partial charge in [0.15, 0.2) is 0 Å². The summed E-state index contributed by atoms with van der Waals surface area (Å²) in [5, 5.41) is 3.21. The molecule has 0 bridgehead atoms. The first-order valence-corrected chi connectivity index (χ1v) is 6.91. The summed E-state index contributed by atoms with van der Waals surface area (Å²) in [6, 6.07) is 0.881. The minimum atomic E-state index is 0.875. The maximum absolute atomic E-state index is 4.61. The molecule has 1 saturated heterocycles. The molecule has 5 heteroatoms. The lowest BCUT2D eigenvalue weighted by Gasteiger charge is -2.35. The Kier molecular flexibility index (Phi) is 3.32. The highest BCUT2D eigenvalue weighted by Gasteiger charge is 2.31. The molecule has 0 amide bonds. The van der Waals surface area contributed by atoms with Gasteiger partial charge in [-0.25, -0.2) is 4.98 Å². The van der Waals surface area contributed by atoms with Crippen LogP contribution in [0, 0.1) is 0 Å². The Labute approximate surface area is 108 Å². The Morgan fingerprint density at radius 1 is 1.22 bits per heavy atom. The lowest BCUT2D eigenvalue weighted by molar-refractivity contribution is 0.247. The maximum Gasteiger partial charge on any atom is 0.149 e. The van der Waals surface area contributed by atoms with Crippen LogP contribution in [0.5, 0.6) is 0 Å². The molecule has 1 saturated carbocycles. The molecule has 1 aliphatic heterocycles. The number of hydrogen-bond donors (Lipinski definition) is 1. The highest BCUT2D eigenvalue weighted by molar-refractivity contribution is 5.44. The lowest BCUT2D eigenvalue weighted by Crippen LogP contribution is -2.47. The fourth-order valence-electron chi connectivity index (χ4n) is 2.53. The topological polar surface area (TPSA) is 44.3 Å². The first-order valence-electron chi connectivity index (χ1n) is 6.91. The van der Waals surface area contributed by atoms with Gasteiger partial charge in [-0.1, -0.05) is 0 Å². The summed E-state index contributed by atoms with van der Waals surface area (Å²) < 4.78 is 0. The van der Waals surface area contributed by atoms with Crippen LogP contribution in [0.4, 0.5) is 11.6 Å². The molecule has 1 N–H and O–H groups in total. The molecular weight excluding hydrogens is 226 g/mol. The standard InChI is InChI=1S/C13H21N5/c1-2-15-12-9-14-10-13(16-12)18-7-5-17(6-8-18)11-3-4-11/h9-11H,2-8H2,1H3,(H,15,16). The van der Waals surface area contributed by atoms with E-state index in [9.17, 15) is 0 Å². The van der Waals surface area contributed by atoms with Crippen LogP contribution in [-0.2, 0) is 0 Å². The number of hydrogen-bond acceptors (Lipinski definition) is 5. The van der Waals surface area contributed by atoms with Crippen molar-refractivity contribution in [2.45, 2.75) is 25.8 Å². The van der Waals surface area contributed by atoms with E-state index in [1.165, 1.54) is 12.8 Å². The van der Waals surface area contributed by atoms with Crippen LogP contribution in [0.2, 0.25) is 0 Å². The summed E-state index contributed by atoms with van der Waals surface area (Å²) >= 11 is 0. The molecule has 98 valence electrons. The minimum absolute atomic E-state index is 0.875. The largest absolute Gasteiger partial charge is 0.369 e. The highest BCUT2D eigenvalue weighted by atomic mass is 15.3. The van der Waals surface area contributed by atoms with E-state index in [4.69, 9.17) is 0 Å². The zero-order valence-corrected chi connectivity index (χ0v) is 11.0. The van der Waals surface area contributed by atoms with Gasteiger partial charge in [-0.15, -0.1) is 0 Å². The summed E-state index contributed by atoms with van der Waals surface area (Å²) in [7, 11) is 0. The van der Waals surface area contributed by atoms with E-state index < -0.39 is 0 Å². The normalized spacial score (nSPS) is 21.1. The van der Waals surface area contributed by atoms with Gasteiger partial charge >= 0.3 is 0 Å². The van der Waals surface area contributed by atoms with E-state index in [0.717, 1.165) is 50.4 Å². The van der Waals surface area contributed by atoms with Crippen molar-refractivity contribution in [3.05, 3.63) is 12.4 Å². The first-order chi connectivity index (χ1) is 8.86. The van der Waals surface area contributed by atoms with Gasteiger partial charge in [0.25, 0.3) is 0 Å². The molecule has 1 aliphatic carbocycles. The van der Waals surface area contributed by atoms with Crippen molar-refractivity contribution in [1.29, 1.82) is 0 Å². The average Bonchev–Trinajstić information content (AvgIpc) is 3.24. The number of nitrogens with one attached hydrogen (secondary N) is 1. The number of nitrogens with zero attached hydrogens (tertiary/aromatic N) is 4. The molecule has 0 atom stereocenters. The van der Waals surface area contributed by atoms with E-state index in [1.54, 1.807) is 6.20 Å². The average molecular weight is 247 g/mol. The molecule has 0 aromatic carbocycles. The van der Waals surface area contributed by atoms with Gasteiger partial charge in [-0.2, -0.15) is 0 Å². The SMILES string of the molecule is CCNc1cncc(N2CCN(C3CC3)CC2)n1. The van der Waals surface area contributed by atoms with Gasteiger partial charge in [0.05, 0.1) is 12.4 Å². The molecule has 5 nitrogen and oxygen atoms in total. The Bertz CT molecular complexity index is 396. The van der Waals surface area contributed by atoms with Crippen molar-refractivity contribution in [2.75, 3.05) is 42.9 Å². The quantitative estimate of drug-likeness (QED) is 0.866. The molecule has 1 aromatic rings. The molecule has 2 heterocycles. The Morgan fingerprint density at radius 2 is 2.00 bits per heavy atom. The predicted octanol–water partition coefficient (Wildman–Crippen LogP) is 1.19. The monoisotopic (exact) mass is 247 g/mol. The number of anilines is 2. The van der Waals surface area contributed by atoms with E-state index in [1.807, 2.05) is 6.20 Å². The van der Waals surface area contributed by atoms with E-state index in [2.05, 4.69) is 32.0 Å². The maximum atomic E-state index is 4.61. The fourth-order valence-corrected chi connectivity index (χ4v) is 2.53. The van der Waals surface area contributed by atoms with Gasteiger partial charge in [0.2, 0.25) is 0 Å². The predicted molar refractivity (Wildman–Crippen MR) is 73.0 cm³/mol. The second-order valence-electron chi connectivity index (χ2n) is 5.05. The Balaban J connectivity index is 1.62. The molecule has 0 radical (unpaired) electrons. The molecule has 0 unspecified atom stereocenters. The first kappa shape index (κ1) is 11.7. The summed E-state index contributed by atoms with van der Waals surface area (Å²) in [6.07, 6.45) is 6.45. The van der Waals surface area contributed by atoms with Gasteiger partial charge in [-0.05, 0) is 19.8 Å². The van der Waals surface area contributed by atoms with Crippen molar-refractivity contribution >= 4 is 11.6 Å². The van der Waals surface area contributed by atoms with Crippen LogP contribution < -0.4 is 10.2 Å². The van der Waals surface area contributed by atoms with Gasteiger partial charge < -0.3 is 10.2 Å². The Hall–Kier alpha value is -1.36. The molecule has 3 rings (SSSR count). The van der Waals surface area contributed by atoms with Crippen LogP contribution in [0.15, 0.2) is 12.4 Å². The molecular formula is C13H21N5. The van der Waals surface area contributed by atoms with Crippen molar-refractivity contribution in [2.24, 2.45) is 0 Å². The van der Waals surface area contributed by atoms with Crippen LogP contribution in [0.25, 0.3) is 0 Å². The smallest absolute Gasteiger partial charge is 0.149 e. The highest BCUT2D eigenvalue weighted by Crippen LogP contribution is 2.28. The summed E-state index contributed by atoms with van der Waals surface area (Å²) in [6.45, 7) is 7.42. The van der Waals surface area contributed by atoms with Gasteiger partial charge in [0, 0.05) is 38.8 Å². The molecule has 1 aromatic heterocycles. The molecule has 2 fully saturated rings. The zero-order valence-electron chi connectivity index (χ0n) is 11.0. The Morgan fingerprint density at radius 3 is 2.67 bits per heavy atom. The molecule has 18 heavy (non-hydrogen) atoms. The lowest BCUT2D eigenvalue weighted by atomic mass is 10.3. The van der Waals surface area contributed by atoms with E-state index in [0.29, 0.717) is 0 Å². The number of piperazine rings is 1. The van der Waals surface area contributed by atoms with Gasteiger partial charge in [0.1, 0.15) is 11.6 Å². The zero-order chi connectivity index (χ0) is 12.4.